The standard InChI is InChI=1S/C29H30ClN5O3/c1-34-16-27(32-33-34)24-14-25(24)28-26(29(36)37)15-31-35(28)22-6-2-4-19(12-22)20-5-3-7-23(13-20)38-17-18-8-10-21(30)11-9-18/h2-7,12-13,15-16,18,21,24-25H,8-11,14,17H2,1H3,(H,36,37)/t18?,21?,24-,25-/m0/s1. The fraction of sp³-hybridized carbons (Fsp3) is 0.379. The molecule has 2 aliphatic carbocycles. The van der Waals surface area contributed by atoms with E-state index in [4.69, 9.17) is 16.3 Å². The van der Waals surface area contributed by atoms with Gasteiger partial charge < -0.3 is 9.84 Å². The minimum atomic E-state index is -0.975. The molecule has 2 aliphatic rings. The smallest absolute Gasteiger partial charge is 0.339 e. The molecule has 8 nitrogen and oxygen atoms in total. The third-order valence-corrected chi connectivity index (χ3v) is 8.14. The van der Waals surface area contributed by atoms with E-state index in [0.29, 0.717) is 23.6 Å². The molecule has 0 radical (unpaired) electrons. The number of ether oxygens (including phenoxy) is 1. The van der Waals surface area contributed by atoms with Gasteiger partial charge in [0.25, 0.3) is 0 Å². The van der Waals surface area contributed by atoms with E-state index in [0.717, 1.165) is 60.4 Å². The second-order valence-electron chi connectivity index (χ2n) is 10.4. The molecule has 0 amide bonds. The molecule has 0 unspecified atom stereocenters. The third kappa shape index (κ3) is 5.05. The zero-order chi connectivity index (χ0) is 26.2. The van der Waals surface area contributed by atoms with Crippen LogP contribution in [-0.2, 0) is 7.05 Å². The third-order valence-electron chi connectivity index (χ3n) is 7.70. The number of aromatic carboxylic acids is 1. The Kier molecular flexibility index (Phi) is 6.66. The van der Waals surface area contributed by atoms with E-state index in [2.05, 4.69) is 27.5 Å². The second-order valence-corrected chi connectivity index (χ2v) is 11.1. The normalized spacial score (nSPS) is 22.8. The van der Waals surface area contributed by atoms with E-state index in [-0.39, 0.29) is 17.4 Å². The first-order valence-electron chi connectivity index (χ1n) is 13.1. The summed E-state index contributed by atoms with van der Waals surface area (Å²) in [5.74, 6) is 0.574. The van der Waals surface area contributed by atoms with Crippen LogP contribution >= 0.6 is 11.6 Å². The summed E-state index contributed by atoms with van der Waals surface area (Å²) >= 11 is 6.25. The molecule has 2 heterocycles. The molecule has 38 heavy (non-hydrogen) atoms. The fourth-order valence-corrected chi connectivity index (χ4v) is 5.78. The number of alkyl halides is 1. The summed E-state index contributed by atoms with van der Waals surface area (Å²) in [4.78, 5) is 12.1. The van der Waals surface area contributed by atoms with Gasteiger partial charge in [0.1, 0.15) is 11.3 Å². The van der Waals surface area contributed by atoms with Gasteiger partial charge in [0.2, 0.25) is 0 Å². The highest BCUT2D eigenvalue weighted by atomic mass is 35.5. The lowest BCUT2D eigenvalue weighted by atomic mass is 9.89. The average Bonchev–Trinajstić information content (AvgIpc) is 3.37. The molecule has 0 saturated heterocycles. The van der Waals surface area contributed by atoms with Crippen molar-refractivity contribution in [2.45, 2.75) is 49.3 Å². The van der Waals surface area contributed by atoms with Gasteiger partial charge in [-0.1, -0.05) is 29.5 Å². The van der Waals surface area contributed by atoms with Gasteiger partial charge >= 0.3 is 5.97 Å². The first-order chi connectivity index (χ1) is 18.5. The number of carboxylic acids is 1. The van der Waals surface area contributed by atoms with Crippen molar-refractivity contribution in [2.75, 3.05) is 6.61 Å². The molecule has 2 fully saturated rings. The van der Waals surface area contributed by atoms with Crippen LogP contribution in [-0.4, -0.2) is 47.8 Å². The van der Waals surface area contributed by atoms with Crippen LogP contribution in [0.15, 0.2) is 60.9 Å². The molecule has 0 bridgehead atoms. The SMILES string of the molecule is Cn1cc([C@H]2C[C@@H]2c2c(C(=O)O)cnn2-c2cccc(-c3cccc(OCC4CCC(Cl)CC4)c3)c2)nn1. The first kappa shape index (κ1) is 24.7. The number of benzene rings is 2. The monoisotopic (exact) mass is 531 g/mol. The molecule has 4 aromatic rings. The zero-order valence-corrected chi connectivity index (χ0v) is 22.0. The van der Waals surface area contributed by atoms with E-state index >= 15 is 0 Å². The Morgan fingerprint density at radius 1 is 1.08 bits per heavy atom. The van der Waals surface area contributed by atoms with Crippen molar-refractivity contribution in [2.24, 2.45) is 13.0 Å². The molecule has 0 aliphatic heterocycles. The minimum Gasteiger partial charge on any atom is -0.493 e. The number of rotatable bonds is 8. The summed E-state index contributed by atoms with van der Waals surface area (Å²) in [6.45, 7) is 0.704. The highest BCUT2D eigenvalue weighted by Gasteiger charge is 2.46. The Bertz CT molecular complexity index is 1460. The van der Waals surface area contributed by atoms with E-state index in [1.807, 2.05) is 49.6 Å². The van der Waals surface area contributed by atoms with Crippen LogP contribution in [0.1, 0.15) is 65.7 Å². The van der Waals surface area contributed by atoms with Crippen LogP contribution in [0.2, 0.25) is 0 Å². The van der Waals surface area contributed by atoms with E-state index in [9.17, 15) is 9.90 Å². The van der Waals surface area contributed by atoms with Crippen LogP contribution < -0.4 is 4.74 Å². The minimum absolute atomic E-state index is 0.0227. The molecule has 0 spiro atoms. The van der Waals surface area contributed by atoms with Crippen molar-refractivity contribution in [1.29, 1.82) is 0 Å². The maximum Gasteiger partial charge on any atom is 0.339 e. The van der Waals surface area contributed by atoms with E-state index in [1.54, 1.807) is 9.36 Å². The summed E-state index contributed by atoms with van der Waals surface area (Å²) in [6, 6.07) is 16.1. The van der Waals surface area contributed by atoms with Crippen molar-refractivity contribution < 1.29 is 14.6 Å². The Morgan fingerprint density at radius 2 is 1.84 bits per heavy atom. The number of aromatic nitrogens is 5. The lowest BCUT2D eigenvalue weighted by molar-refractivity contribution is 0.0695. The number of hydrogen-bond donors (Lipinski definition) is 1. The molecule has 2 atom stereocenters. The van der Waals surface area contributed by atoms with Crippen LogP contribution in [0.4, 0.5) is 0 Å². The molecule has 6 rings (SSSR count). The molecule has 2 aromatic heterocycles. The molecule has 2 aromatic carbocycles. The highest BCUT2D eigenvalue weighted by molar-refractivity contribution is 6.20. The molecule has 9 heteroatoms. The lowest BCUT2D eigenvalue weighted by Gasteiger charge is -2.25. The maximum absolute atomic E-state index is 12.1. The topological polar surface area (TPSA) is 95.1 Å². The van der Waals surface area contributed by atoms with Gasteiger partial charge in [0.05, 0.1) is 29.9 Å². The van der Waals surface area contributed by atoms with Gasteiger partial charge in [-0.05, 0) is 73.4 Å². The molecule has 196 valence electrons. The van der Waals surface area contributed by atoms with Gasteiger partial charge in [0, 0.05) is 30.5 Å². The first-order valence-corrected chi connectivity index (χ1v) is 13.5. The van der Waals surface area contributed by atoms with Crippen molar-refractivity contribution in [3.05, 3.63) is 77.9 Å². The quantitative estimate of drug-likeness (QED) is 0.288. The van der Waals surface area contributed by atoms with Crippen LogP contribution in [0.5, 0.6) is 5.75 Å². The number of hydrogen-bond acceptors (Lipinski definition) is 5. The molecular formula is C29H30ClN5O3. The number of nitrogens with zero attached hydrogens (tertiary/aromatic N) is 5. The number of carboxylic acid groups (broad SMARTS) is 1. The number of carbonyl (C=O) groups is 1. The van der Waals surface area contributed by atoms with Crippen LogP contribution in [0.3, 0.4) is 0 Å². The van der Waals surface area contributed by atoms with Gasteiger partial charge in [-0.15, -0.1) is 16.7 Å². The van der Waals surface area contributed by atoms with Crippen molar-refractivity contribution in [1.82, 2.24) is 24.8 Å². The van der Waals surface area contributed by atoms with E-state index in [1.165, 1.54) is 6.20 Å². The molecule has 2 saturated carbocycles. The molecule has 1 N–H and O–H groups in total. The summed E-state index contributed by atoms with van der Waals surface area (Å²) in [7, 11) is 1.83. The Balaban J connectivity index is 1.24. The van der Waals surface area contributed by atoms with Gasteiger partial charge in [-0.25, -0.2) is 9.48 Å². The van der Waals surface area contributed by atoms with Crippen LogP contribution in [0.25, 0.3) is 16.8 Å². The van der Waals surface area contributed by atoms with Crippen molar-refractivity contribution in [3.8, 4) is 22.6 Å². The summed E-state index contributed by atoms with van der Waals surface area (Å²) < 4.78 is 9.60. The van der Waals surface area contributed by atoms with Gasteiger partial charge in [-0.2, -0.15) is 5.10 Å². The predicted octanol–water partition coefficient (Wildman–Crippen LogP) is 5.81. The van der Waals surface area contributed by atoms with Crippen molar-refractivity contribution in [3.63, 3.8) is 0 Å². The largest absolute Gasteiger partial charge is 0.493 e. The summed E-state index contributed by atoms with van der Waals surface area (Å²) in [6.07, 6.45) is 8.49. The van der Waals surface area contributed by atoms with Crippen LogP contribution in [0, 0.1) is 5.92 Å². The summed E-state index contributed by atoms with van der Waals surface area (Å²) in [5, 5.41) is 23.0. The Hall–Kier alpha value is -3.65. The van der Waals surface area contributed by atoms with Crippen molar-refractivity contribution >= 4 is 17.6 Å². The highest BCUT2D eigenvalue weighted by Crippen LogP contribution is 2.55. The molecular weight excluding hydrogens is 502 g/mol. The van der Waals surface area contributed by atoms with Gasteiger partial charge in [0.15, 0.2) is 0 Å². The maximum atomic E-state index is 12.1. The van der Waals surface area contributed by atoms with E-state index < -0.39 is 5.97 Å². The van der Waals surface area contributed by atoms with Gasteiger partial charge in [-0.3, -0.25) is 4.68 Å². The summed E-state index contributed by atoms with van der Waals surface area (Å²) in [5.41, 5.74) is 4.67. The average molecular weight is 532 g/mol. The Labute approximate surface area is 226 Å². The fourth-order valence-electron chi connectivity index (χ4n) is 5.53. The number of aryl methyl sites for hydroxylation is 1. The zero-order valence-electron chi connectivity index (χ0n) is 21.2. The Morgan fingerprint density at radius 3 is 2.58 bits per heavy atom. The lowest BCUT2D eigenvalue weighted by Crippen LogP contribution is -2.20. The number of halogens is 1. The second kappa shape index (κ2) is 10.3. The predicted molar refractivity (Wildman–Crippen MR) is 144 cm³/mol.